The summed E-state index contributed by atoms with van der Waals surface area (Å²) >= 11 is 9.02. The number of nitrogens with one attached hydrogen (secondary N) is 1. The Kier molecular flexibility index (Phi) is 4.49. The zero-order chi connectivity index (χ0) is 13.8. The molecule has 0 aliphatic rings. The lowest BCUT2D eigenvalue weighted by molar-refractivity contribution is -0.0493. The van der Waals surface area contributed by atoms with Crippen molar-refractivity contribution < 1.29 is 13.5 Å². The van der Waals surface area contributed by atoms with Crippen LogP contribution in [0.15, 0.2) is 35.1 Å². The van der Waals surface area contributed by atoms with Crippen LogP contribution in [0, 0.1) is 0 Å². The van der Waals surface area contributed by atoms with Gasteiger partial charge in [-0.25, -0.2) is 9.97 Å². The molecule has 8 heteroatoms. The summed E-state index contributed by atoms with van der Waals surface area (Å²) in [5.41, 5.74) is 0.346. The first-order chi connectivity index (χ1) is 9.08. The summed E-state index contributed by atoms with van der Waals surface area (Å²) < 4.78 is 29.4. The number of halogens is 4. The van der Waals surface area contributed by atoms with Crippen LogP contribution in [0.1, 0.15) is 0 Å². The van der Waals surface area contributed by atoms with Gasteiger partial charge in [0.05, 0.1) is 10.2 Å². The maximum absolute atomic E-state index is 12.3. The molecule has 1 heterocycles. The second-order valence-corrected chi connectivity index (χ2v) is 4.48. The third-order valence-electron chi connectivity index (χ3n) is 2.10. The van der Waals surface area contributed by atoms with Crippen molar-refractivity contribution in [1.82, 2.24) is 9.97 Å². The first kappa shape index (κ1) is 14.0. The molecule has 0 spiro atoms. The third kappa shape index (κ3) is 3.51. The molecule has 0 fully saturated rings. The molecule has 19 heavy (non-hydrogen) atoms. The Bertz CT molecular complexity index is 586. The van der Waals surface area contributed by atoms with E-state index in [4.69, 9.17) is 11.6 Å². The number of anilines is 2. The summed E-state index contributed by atoms with van der Waals surface area (Å²) in [7, 11) is 0. The normalized spacial score (nSPS) is 10.6. The van der Waals surface area contributed by atoms with Crippen molar-refractivity contribution in [3.8, 4) is 5.75 Å². The van der Waals surface area contributed by atoms with E-state index in [-0.39, 0.29) is 10.9 Å². The summed E-state index contributed by atoms with van der Waals surface area (Å²) in [5.74, 6) is 0.365. The Labute approximate surface area is 120 Å². The number of para-hydroxylation sites is 2. The molecule has 4 nitrogen and oxygen atoms in total. The lowest BCUT2D eigenvalue weighted by Crippen LogP contribution is -2.05. The SMILES string of the molecule is FC(F)Oc1ccccc1Nc1ncnc(Cl)c1Br. The molecule has 0 aliphatic heterocycles. The second kappa shape index (κ2) is 6.12. The molecule has 0 atom stereocenters. The summed E-state index contributed by atoms with van der Waals surface area (Å²) in [6.45, 7) is -2.90. The highest BCUT2D eigenvalue weighted by Gasteiger charge is 2.12. The number of ether oxygens (including phenoxy) is 1. The van der Waals surface area contributed by atoms with E-state index < -0.39 is 6.61 Å². The average Bonchev–Trinajstić information content (AvgIpc) is 2.36. The molecular weight excluding hydrogens is 343 g/mol. The lowest BCUT2D eigenvalue weighted by atomic mass is 10.3. The molecule has 0 amide bonds. The molecule has 100 valence electrons. The van der Waals surface area contributed by atoms with Crippen LogP contribution in [0.3, 0.4) is 0 Å². The Hall–Kier alpha value is -1.47. The van der Waals surface area contributed by atoms with Crippen molar-refractivity contribution in [2.24, 2.45) is 0 Å². The summed E-state index contributed by atoms with van der Waals surface area (Å²) in [6.07, 6.45) is 1.26. The van der Waals surface area contributed by atoms with Crippen molar-refractivity contribution in [3.05, 3.63) is 40.2 Å². The average molecular weight is 351 g/mol. The van der Waals surface area contributed by atoms with E-state index in [9.17, 15) is 8.78 Å². The van der Waals surface area contributed by atoms with E-state index in [1.165, 1.54) is 12.4 Å². The maximum atomic E-state index is 12.3. The van der Waals surface area contributed by atoms with Crippen LogP contribution in [-0.2, 0) is 0 Å². The van der Waals surface area contributed by atoms with Gasteiger partial charge in [-0.05, 0) is 28.1 Å². The number of hydrogen-bond donors (Lipinski definition) is 1. The van der Waals surface area contributed by atoms with Crippen molar-refractivity contribution in [1.29, 1.82) is 0 Å². The number of aromatic nitrogens is 2. The topological polar surface area (TPSA) is 47.0 Å². The summed E-state index contributed by atoms with van der Waals surface area (Å²) in [6, 6.07) is 6.27. The minimum absolute atomic E-state index is 0.0131. The highest BCUT2D eigenvalue weighted by molar-refractivity contribution is 9.10. The van der Waals surface area contributed by atoms with Gasteiger partial charge in [0.1, 0.15) is 23.0 Å². The monoisotopic (exact) mass is 349 g/mol. The number of hydrogen-bond acceptors (Lipinski definition) is 4. The first-order valence-corrected chi connectivity index (χ1v) is 6.22. The van der Waals surface area contributed by atoms with Gasteiger partial charge < -0.3 is 10.1 Å². The Morgan fingerprint density at radius 3 is 2.74 bits per heavy atom. The fourth-order valence-corrected chi connectivity index (χ4v) is 1.77. The molecule has 1 aromatic carbocycles. The number of alkyl halides is 2. The molecule has 1 N–H and O–H groups in total. The van der Waals surface area contributed by atoms with Crippen molar-refractivity contribution in [3.63, 3.8) is 0 Å². The second-order valence-electron chi connectivity index (χ2n) is 3.33. The molecule has 0 saturated heterocycles. The largest absolute Gasteiger partial charge is 0.433 e. The molecule has 0 aliphatic carbocycles. The predicted molar refractivity (Wildman–Crippen MR) is 71.1 cm³/mol. The minimum atomic E-state index is -2.90. The quantitative estimate of drug-likeness (QED) is 0.838. The van der Waals surface area contributed by atoms with Gasteiger partial charge in [-0.3, -0.25) is 0 Å². The minimum Gasteiger partial charge on any atom is -0.433 e. The van der Waals surface area contributed by atoms with Crippen molar-refractivity contribution in [2.75, 3.05) is 5.32 Å². The molecular formula is C11H7BrClF2N3O. The van der Waals surface area contributed by atoms with Crippen LogP contribution in [-0.4, -0.2) is 16.6 Å². The van der Waals surface area contributed by atoms with Crippen LogP contribution in [0.25, 0.3) is 0 Å². The first-order valence-electron chi connectivity index (χ1n) is 5.05. The number of rotatable bonds is 4. The Morgan fingerprint density at radius 1 is 1.26 bits per heavy atom. The van der Waals surface area contributed by atoms with E-state index >= 15 is 0 Å². The van der Waals surface area contributed by atoms with Crippen LogP contribution in [0.2, 0.25) is 5.15 Å². The lowest BCUT2D eigenvalue weighted by Gasteiger charge is -2.12. The van der Waals surface area contributed by atoms with E-state index in [0.717, 1.165) is 0 Å². The predicted octanol–water partition coefficient (Wildman–Crippen LogP) is 4.24. The maximum Gasteiger partial charge on any atom is 0.387 e. The number of benzene rings is 1. The summed E-state index contributed by atoms with van der Waals surface area (Å²) in [5, 5.41) is 3.06. The summed E-state index contributed by atoms with van der Waals surface area (Å²) in [4.78, 5) is 7.73. The fraction of sp³-hybridized carbons (Fsp3) is 0.0909. The van der Waals surface area contributed by atoms with Crippen LogP contribution < -0.4 is 10.1 Å². The van der Waals surface area contributed by atoms with E-state index in [2.05, 4.69) is 36.0 Å². The van der Waals surface area contributed by atoms with Crippen molar-refractivity contribution >= 4 is 39.0 Å². The fourth-order valence-electron chi connectivity index (χ4n) is 1.33. The van der Waals surface area contributed by atoms with Gasteiger partial charge in [0.25, 0.3) is 0 Å². The highest BCUT2D eigenvalue weighted by Crippen LogP contribution is 2.32. The zero-order valence-corrected chi connectivity index (χ0v) is 11.6. The van der Waals surface area contributed by atoms with Gasteiger partial charge in [-0.2, -0.15) is 8.78 Å². The smallest absolute Gasteiger partial charge is 0.387 e. The van der Waals surface area contributed by atoms with E-state index in [0.29, 0.717) is 16.0 Å². The van der Waals surface area contributed by atoms with Gasteiger partial charge in [0, 0.05) is 0 Å². The third-order valence-corrected chi connectivity index (χ3v) is 3.37. The molecule has 2 rings (SSSR count). The van der Waals surface area contributed by atoms with Crippen LogP contribution in [0.4, 0.5) is 20.3 Å². The van der Waals surface area contributed by atoms with Crippen molar-refractivity contribution in [2.45, 2.75) is 6.61 Å². The van der Waals surface area contributed by atoms with Crippen LogP contribution >= 0.6 is 27.5 Å². The molecule has 1 aromatic heterocycles. The zero-order valence-electron chi connectivity index (χ0n) is 9.28. The van der Waals surface area contributed by atoms with E-state index in [1.807, 2.05) is 0 Å². The van der Waals surface area contributed by atoms with Crippen LogP contribution in [0.5, 0.6) is 5.75 Å². The van der Waals surface area contributed by atoms with E-state index in [1.54, 1.807) is 18.2 Å². The van der Waals surface area contributed by atoms with Gasteiger partial charge in [0.15, 0.2) is 0 Å². The molecule has 2 aromatic rings. The standard InChI is InChI=1S/C11H7BrClF2N3O/c12-8-9(13)16-5-17-10(8)18-6-3-1-2-4-7(6)19-11(14)15/h1-5,11H,(H,16,17,18). The van der Waals surface area contributed by atoms with Gasteiger partial charge >= 0.3 is 6.61 Å². The molecule has 0 bridgehead atoms. The highest BCUT2D eigenvalue weighted by atomic mass is 79.9. The molecule has 0 unspecified atom stereocenters. The Balaban J connectivity index is 2.30. The molecule has 0 saturated carbocycles. The molecule has 0 radical (unpaired) electrons. The number of nitrogens with zero attached hydrogens (tertiary/aromatic N) is 2. The Morgan fingerprint density at radius 2 is 2.00 bits per heavy atom. The van der Waals surface area contributed by atoms with Gasteiger partial charge in [0.2, 0.25) is 0 Å². The van der Waals surface area contributed by atoms with Gasteiger partial charge in [-0.15, -0.1) is 0 Å². The van der Waals surface area contributed by atoms with Gasteiger partial charge in [-0.1, -0.05) is 23.7 Å².